The van der Waals surface area contributed by atoms with Gasteiger partial charge in [0, 0.05) is 12.8 Å². The SMILES string of the molecule is CCCCC/C=C/C/C=C/C/C=C/C/C=C/C/C=C/CCC(=O)O[C@H](COC(=O)CCCCCCCC=C=CCCCCCCC)CO[C@H]1O[C@@H](CO[C@H]2O[C@@H](CO)[C@@H](O)C(O)C2O)[C@@H](O)C(O)C1O. The second-order valence-corrected chi connectivity index (χ2v) is 18.1. The second-order valence-electron chi connectivity index (χ2n) is 18.1. The van der Waals surface area contributed by atoms with Crippen LogP contribution in [-0.4, -0.2) is 142 Å². The molecule has 15 heteroatoms. The van der Waals surface area contributed by atoms with Gasteiger partial charge in [-0.2, -0.15) is 0 Å². The Morgan fingerprint density at radius 1 is 0.500 bits per heavy atom. The van der Waals surface area contributed by atoms with Gasteiger partial charge >= 0.3 is 11.9 Å². The summed E-state index contributed by atoms with van der Waals surface area (Å²) in [5.74, 6) is -1.05. The molecule has 15 nitrogen and oxygen atoms in total. The van der Waals surface area contributed by atoms with Crippen molar-refractivity contribution in [3.05, 3.63) is 78.6 Å². The molecule has 2 fully saturated rings. The number of esters is 2. The van der Waals surface area contributed by atoms with Crippen LogP contribution in [-0.2, 0) is 38.0 Å². The Bertz CT molecular complexity index is 1550. The minimum Gasteiger partial charge on any atom is -0.462 e. The Kier molecular flexibility index (Phi) is 37.0. The van der Waals surface area contributed by atoms with Crippen LogP contribution < -0.4 is 0 Å². The highest BCUT2D eigenvalue weighted by Gasteiger charge is 2.47. The molecular formula is C55H90O15. The van der Waals surface area contributed by atoms with Crippen LogP contribution >= 0.6 is 0 Å². The summed E-state index contributed by atoms with van der Waals surface area (Å²) in [6.45, 7) is 2.43. The molecule has 0 aromatic rings. The van der Waals surface area contributed by atoms with Crippen LogP contribution in [0.25, 0.3) is 0 Å². The number of hydrogen-bond acceptors (Lipinski definition) is 15. The van der Waals surface area contributed by atoms with Gasteiger partial charge in [0.2, 0.25) is 0 Å². The van der Waals surface area contributed by atoms with Crippen LogP contribution in [0.2, 0.25) is 0 Å². The standard InChI is InChI=1S/C55H90O15/c1-3-5-7-9-11-13-15-17-19-20-21-22-24-26-28-30-32-34-36-38-47(58)68-43(40-65-46(57)37-35-33-31-29-27-25-23-18-16-14-12-10-8-6-4-2)41-66-54-53(64)51(62)49(60)45(70-54)42-67-55-52(63)50(61)48(59)44(39-56)69-55/h11,13,16-17,19,21-23,26,28,32,34,43-45,48-56,59-64H,3-10,12,14-15,20,24-25,27,29-31,33,35-42H2,1-2H3/b13-11+,19-17+,22-21+,28-26+,34-32+/t18?,43-,44+,45+,48-,49-,50?,51?,52?,53?,54+,55+/m1/s1. The molecule has 2 saturated heterocycles. The van der Waals surface area contributed by atoms with Crippen molar-refractivity contribution in [2.24, 2.45) is 0 Å². The molecule has 400 valence electrons. The highest BCUT2D eigenvalue weighted by atomic mass is 16.7. The third kappa shape index (κ3) is 28.7. The maximum Gasteiger partial charge on any atom is 0.306 e. The lowest BCUT2D eigenvalue weighted by atomic mass is 9.98. The lowest BCUT2D eigenvalue weighted by molar-refractivity contribution is -0.332. The molecule has 2 heterocycles. The minimum absolute atomic E-state index is 0.0333. The van der Waals surface area contributed by atoms with E-state index >= 15 is 0 Å². The van der Waals surface area contributed by atoms with E-state index in [2.05, 4.69) is 80.3 Å². The van der Waals surface area contributed by atoms with Gasteiger partial charge in [-0.25, -0.2) is 0 Å². The summed E-state index contributed by atoms with van der Waals surface area (Å²) in [6, 6.07) is 0. The van der Waals surface area contributed by atoms with E-state index in [9.17, 15) is 45.3 Å². The summed E-state index contributed by atoms with van der Waals surface area (Å²) >= 11 is 0. The van der Waals surface area contributed by atoms with Crippen molar-refractivity contribution in [2.45, 2.75) is 229 Å². The van der Waals surface area contributed by atoms with Gasteiger partial charge in [0.05, 0.1) is 19.8 Å². The summed E-state index contributed by atoms with van der Waals surface area (Å²) in [4.78, 5) is 25.7. The van der Waals surface area contributed by atoms with E-state index < -0.39 is 99.3 Å². The lowest BCUT2D eigenvalue weighted by Crippen LogP contribution is -2.61. The van der Waals surface area contributed by atoms with Gasteiger partial charge in [-0.15, -0.1) is 5.73 Å². The van der Waals surface area contributed by atoms with Crippen LogP contribution in [0.5, 0.6) is 0 Å². The van der Waals surface area contributed by atoms with E-state index in [-0.39, 0.29) is 19.4 Å². The van der Waals surface area contributed by atoms with Crippen molar-refractivity contribution < 1.29 is 73.8 Å². The maximum absolute atomic E-state index is 13.0. The molecular weight excluding hydrogens is 901 g/mol. The number of unbranched alkanes of at least 4 members (excludes halogenated alkanes) is 13. The zero-order valence-electron chi connectivity index (χ0n) is 42.3. The molecule has 0 aromatic heterocycles. The van der Waals surface area contributed by atoms with E-state index in [4.69, 9.17) is 28.4 Å². The Labute approximate surface area is 418 Å². The van der Waals surface area contributed by atoms with E-state index in [1.54, 1.807) is 0 Å². The van der Waals surface area contributed by atoms with Gasteiger partial charge in [-0.3, -0.25) is 9.59 Å². The van der Waals surface area contributed by atoms with Crippen molar-refractivity contribution in [1.82, 2.24) is 0 Å². The van der Waals surface area contributed by atoms with Gasteiger partial charge in [0.15, 0.2) is 18.7 Å². The summed E-state index contributed by atoms with van der Waals surface area (Å²) in [6.07, 6.45) is 30.0. The van der Waals surface area contributed by atoms with Gasteiger partial charge in [0.25, 0.3) is 0 Å². The second kappa shape index (κ2) is 41.2. The number of carbonyl (C=O) groups is 2. The van der Waals surface area contributed by atoms with Gasteiger partial charge in [-0.1, -0.05) is 132 Å². The quantitative estimate of drug-likeness (QED) is 0.0136. The highest BCUT2D eigenvalue weighted by molar-refractivity contribution is 5.70. The number of rotatable bonds is 39. The van der Waals surface area contributed by atoms with Crippen LogP contribution in [0, 0.1) is 0 Å². The zero-order valence-corrected chi connectivity index (χ0v) is 42.3. The smallest absolute Gasteiger partial charge is 0.306 e. The Balaban J connectivity index is 1.86. The largest absolute Gasteiger partial charge is 0.462 e. The van der Waals surface area contributed by atoms with E-state index in [0.717, 1.165) is 64.2 Å². The fourth-order valence-corrected chi connectivity index (χ4v) is 7.59. The fourth-order valence-electron chi connectivity index (χ4n) is 7.59. The number of aliphatic hydroxyl groups excluding tert-OH is 7. The minimum atomic E-state index is -1.79. The van der Waals surface area contributed by atoms with Crippen molar-refractivity contribution in [1.29, 1.82) is 0 Å². The molecule has 0 amide bonds. The first-order valence-corrected chi connectivity index (χ1v) is 26.3. The first kappa shape index (κ1) is 62.8. The number of ether oxygens (including phenoxy) is 6. The molecule has 4 unspecified atom stereocenters. The number of allylic oxidation sites excluding steroid dienone is 11. The number of aliphatic hydroxyl groups is 7. The first-order chi connectivity index (χ1) is 34.0. The average molecular weight is 991 g/mol. The third-order valence-corrected chi connectivity index (χ3v) is 11.9. The molecule has 0 saturated carbocycles. The first-order valence-electron chi connectivity index (χ1n) is 26.3. The van der Waals surface area contributed by atoms with Crippen molar-refractivity contribution >= 4 is 11.9 Å². The molecule has 70 heavy (non-hydrogen) atoms. The van der Waals surface area contributed by atoms with Crippen LogP contribution in [0.3, 0.4) is 0 Å². The predicted molar refractivity (Wildman–Crippen MR) is 269 cm³/mol. The molecule has 2 aliphatic heterocycles. The maximum atomic E-state index is 13.0. The lowest BCUT2D eigenvalue weighted by Gasteiger charge is -2.42. The fraction of sp³-hybridized carbons (Fsp3) is 0.727. The summed E-state index contributed by atoms with van der Waals surface area (Å²) < 4.78 is 33.5. The topological polar surface area (TPSA) is 231 Å². The van der Waals surface area contributed by atoms with Crippen LogP contribution in [0.15, 0.2) is 78.6 Å². The normalized spacial score (nSPS) is 25.6. The summed E-state index contributed by atoms with van der Waals surface area (Å²) in [5.41, 5.74) is 3.28. The van der Waals surface area contributed by atoms with Gasteiger partial charge in [0.1, 0.15) is 55.4 Å². The molecule has 0 radical (unpaired) electrons. The van der Waals surface area contributed by atoms with Gasteiger partial charge < -0.3 is 64.2 Å². The van der Waals surface area contributed by atoms with Crippen LogP contribution in [0.4, 0.5) is 0 Å². The molecule has 0 aliphatic carbocycles. The summed E-state index contributed by atoms with van der Waals surface area (Å²) in [7, 11) is 0. The third-order valence-electron chi connectivity index (χ3n) is 11.9. The Hall–Kier alpha value is -3.28. The number of hydrogen-bond donors (Lipinski definition) is 7. The monoisotopic (exact) mass is 991 g/mol. The molecule has 0 aromatic carbocycles. The Morgan fingerprint density at radius 3 is 1.56 bits per heavy atom. The molecule has 2 rings (SSSR count). The van der Waals surface area contributed by atoms with Crippen LogP contribution in [0.1, 0.15) is 162 Å². The highest BCUT2D eigenvalue weighted by Crippen LogP contribution is 2.26. The predicted octanol–water partition coefficient (Wildman–Crippen LogP) is 7.59. The van der Waals surface area contributed by atoms with E-state index in [1.165, 1.54) is 51.4 Å². The zero-order chi connectivity index (χ0) is 51.0. The van der Waals surface area contributed by atoms with Crippen molar-refractivity contribution in [2.75, 3.05) is 26.4 Å². The Morgan fingerprint density at radius 2 is 0.971 bits per heavy atom. The van der Waals surface area contributed by atoms with Crippen molar-refractivity contribution in [3.8, 4) is 0 Å². The molecule has 7 N–H and O–H groups in total. The molecule has 0 spiro atoms. The average Bonchev–Trinajstić information content (AvgIpc) is 3.35. The summed E-state index contributed by atoms with van der Waals surface area (Å²) in [5, 5.41) is 72.1. The molecule has 0 bridgehead atoms. The van der Waals surface area contributed by atoms with E-state index in [1.807, 2.05) is 12.2 Å². The van der Waals surface area contributed by atoms with Crippen molar-refractivity contribution in [3.63, 3.8) is 0 Å². The molecule has 2 aliphatic rings. The van der Waals surface area contributed by atoms with E-state index in [0.29, 0.717) is 19.3 Å². The number of carbonyl (C=O) groups excluding carboxylic acids is 2. The molecule has 11 atom stereocenters. The van der Waals surface area contributed by atoms with Gasteiger partial charge in [-0.05, 0) is 89.2 Å².